The molecular formula is C25H35N3O2. The lowest BCUT2D eigenvalue weighted by molar-refractivity contribution is -0.117. The highest BCUT2D eigenvalue weighted by Gasteiger charge is 2.21. The van der Waals surface area contributed by atoms with E-state index in [0.29, 0.717) is 12.5 Å². The molecule has 1 aliphatic heterocycles. The first-order valence-electron chi connectivity index (χ1n) is 10.9. The van der Waals surface area contributed by atoms with E-state index in [1.54, 1.807) is 7.11 Å². The standard InChI is InChI=1S/C25H35N3O2/c1-19(16-22-10-5-6-11-23(22)30-4)17-27-12-14-28(15-13-27)18-24(29)26-25-20(2)8-7-9-21(25)3/h5-11,19H,12-18H2,1-4H3,(H,26,29). The number of benzene rings is 2. The van der Waals surface area contributed by atoms with Gasteiger partial charge in [-0.3, -0.25) is 9.69 Å². The Morgan fingerprint density at radius 3 is 2.30 bits per heavy atom. The summed E-state index contributed by atoms with van der Waals surface area (Å²) < 4.78 is 5.49. The van der Waals surface area contributed by atoms with Crippen molar-refractivity contribution in [2.45, 2.75) is 27.2 Å². The molecule has 1 fully saturated rings. The van der Waals surface area contributed by atoms with Crippen LogP contribution in [0.15, 0.2) is 42.5 Å². The molecule has 5 nitrogen and oxygen atoms in total. The SMILES string of the molecule is COc1ccccc1CC(C)CN1CCN(CC(=O)Nc2c(C)cccc2C)CC1. The highest BCUT2D eigenvalue weighted by molar-refractivity contribution is 5.93. The molecule has 0 aliphatic carbocycles. The smallest absolute Gasteiger partial charge is 0.238 e. The summed E-state index contributed by atoms with van der Waals surface area (Å²) in [4.78, 5) is 17.3. The second-order valence-electron chi connectivity index (χ2n) is 8.51. The van der Waals surface area contributed by atoms with Crippen LogP contribution in [0.3, 0.4) is 0 Å². The molecule has 0 spiro atoms. The molecule has 1 heterocycles. The fourth-order valence-electron chi connectivity index (χ4n) is 4.28. The van der Waals surface area contributed by atoms with Gasteiger partial charge in [-0.25, -0.2) is 0 Å². The maximum Gasteiger partial charge on any atom is 0.238 e. The van der Waals surface area contributed by atoms with Gasteiger partial charge in [-0.15, -0.1) is 0 Å². The van der Waals surface area contributed by atoms with Gasteiger partial charge >= 0.3 is 0 Å². The van der Waals surface area contributed by atoms with E-state index in [9.17, 15) is 4.79 Å². The Morgan fingerprint density at radius 1 is 1.00 bits per heavy atom. The van der Waals surface area contributed by atoms with Gasteiger partial charge in [0.1, 0.15) is 5.75 Å². The summed E-state index contributed by atoms with van der Waals surface area (Å²) in [5, 5.41) is 3.10. The van der Waals surface area contributed by atoms with Gasteiger partial charge in [0, 0.05) is 38.4 Å². The number of aryl methyl sites for hydroxylation is 2. The fraction of sp³-hybridized carbons (Fsp3) is 0.480. The minimum Gasteiger partial charge on any atom is -0.496 e. The molecule has 1 N–H and O–H groups in total. The van der Waals surface area contributed by atoms with Crippen LogP contribution >= 0.6 is 0 Å². The topological polar surface area (TPSA) is 44.8 Å². The molecule has 3 rings (SSSR count). The van der Waals surface area contributed by atoms with Crippen LogP contribution in [0, 0.1) is 19.8 Å². The van der Waals surface area contributed by atoms with Crippen LogP contribution < -0.4 is 10.1 Å². The van der Waals surface area contributed by atoms with E-state index in [1.807, 2.05) is 44.2 Å². The number of para-hydroxylation sites is 2. The molecule has 0 aromatic heterocycles. The van der Waals surface area contributed by atoms with Crippen molar-refractivity contribution in [2.24, 2.45) is 5.92 Å². The van der Waals surface area contributed by atoms with E-state index in [1.165, 1.54) is 5.56 Å². The third-order valence-corrected chi connectivity index (χ3v) is 5.91. The van der Waals surface area contributed by atoms with Gasteiger partial charge in [0.2, 0.25) is 5.91 Å². The number of amides is 1. The maximum atomic E-state index is 12.5. The molecule has 1 amide bonds. The van der Waals surface area contributed by atoms with Crippen LogP contribution in [0.1, 0.15) is 23.6 Å². The molecule has 5 heteroatoms. The summed E-state index contributed by atoms with van der Waals surface area (Å²) >= 11 is 0. The zero-order valence-electron chi connectivity index (χ0n) is 18.8. The Labute approximate surface area is 181 Å². The molecule has 1 atom stereocenters. The Hall–Kier alpha value is -2.37. The van der Waals surface area contributed by atoms with Crippen molar-refractivity contribution in [3.8, 4) is 5.75 Å². The summed E-state index contributed by atoms with van der Waals surface area (Å²) in [5.41, 5.74) is 4.44. The quantitative estimate of drug-likeness (QED) is 0.721. The van der Waals surface area contributed by atoms with Gasteiger partial charge < -0.3 is 15.0 Å². The van der Waals surface area contributed by atoms with Gasteiger partial charge in [0.25, 0.3) is 0 Å². The van der Waals surface area contributed by atoms with Crippen molar-refractivity contribution in [1.29, 1.82) is 0 Å². The number of piperazine rings is 1. The second-order valence-corrected chi connectivity index (χ2v) is 8.51. The Morgan fingerprint density at radius 2 is 1.63 bits per heavy atom. The summed E-state index contributed by atoms with van der Waals surface area (Å²) in [6.45, 7) is 11.8. The van der Waals surface area contributed by atoms with Gasteiger partial charge in [-0.1, -0.05) is 43.3 Å². The molecule has 0 saturated carbocycles. The molecule has 162 valence electrons. The monoisotopic (exact) mass is 409 g/mol. The average molecular weight is 410 g/mol. The number of hydrogen-bond donors (Lipinski definition) is 1. The number of anilines is 1. The van der Waals surface area contributed by atoms with Crippen LogP contribution in [0.25, 0.3) is 0 Å². The van der Waals surface area contributed by atoms with E-state index in [-0.39, 0.29) is 5.91 Å². The van der Waals surface area contributed by atoms with Crippen molar-refractivity contribution in [3.05, 3.63) is 59.2 Å². The van der Waals surface area contributed by atoms with Crippen molar-refractivity contribution in [1.82, 2.24) is 9.80 Å². The van der Waals surface area contributed by atoms with E-state index in [2.05, 4.69) is 34.2 Å². The van der Waals surface area contributed by atoms with Gasteiger partial charge in [0.15, 0.2) is 0 Å². The molecule has 2 aromatic rings. The first-order valence-corrected chi connectivity index (χ1v) is 10.9. The largest absolute Gasteiger partial charge is 0.496 e. The lowest BCUT2D eigenvalue weighted by Crippen LogP contribution is -2.49. The second kappa shape index (κ2) is 10.6. The van der Waals surface area contributed by atoms with Crippen molar-refractivity contribution in [2.75, 3.05) is 51.7 Å². The molecule has 2 aromatic carbocycles. The zero-order chi connectivity index (χ0) is 21.5. The maximum absolute atomic E-state index is 12.5. The van der Waals surface area contributed by atoms with Crippen molar-refractivity contribution < 1.29 is 9.53 Å². The minimum absolute atomic E-state index is 0.0744. The molecule has 1 unspecified atom stereocenters. The Balaban J connectivity index is 1.43. The van der Waals surface area contributed by atoms with E-state index in [0.717, 1.165) is 61.7 Å². The fourth-order valence-corrected chi connectivity index (χ4v) is 4.28. The Kier molecular flexibility index (Phi) is 7.88. The summed E-state index contributed by atoms with van der Waals surface area (Å²) in [7, 11) is 1.74. The minimum atomic E-state index is 0.0744. The Bertz CT molecular complexity index is 824. The number of ether oxygens (including phenoxy) is 1. The summed E-state index contributed by atoms with van der Waals surface area (Å²) in [6, 6.07) is 14.4. The van der Waals surface area contributed by atoms with Crippen molar-refractivity contribution >= 4 is 11.6 Å². The van der Waals surface area contributed by atoms with Crippen LogP contribution in [0.4, 0.5) is 5.69 Å². The average Bonchev–Trinajstić information content (AvgIpc) is 2.72. The van der Waals surface area contributed by atoms with E-state index >= 15 is 0 Å². The molecule has 0 bridgehead atoms. The summed E-state index contributed by atoms with van der Waals surface area (Å²) in [5.74, 6) is 1.61. The lowest BCUT2D eigenvalue weighted by Gasteiger charge is -2.35. The predicted molar refractivity (Wildman–Crippen MR) is 123 cm³/mol. The van der Waals surface area contributed by atoms with Crippen LogP contribution in [0.2, 0.25) is 0 Å². The molecular weight excluding hydrogens is 374 g/mol. The zero-order valence-corrected chi connectivity index (χ0v) is 18.8. The third-order valence-electron chi connectivity index (χ3n) is 5.91. The number of carbonyl (C=O) groups excluding carboxylic acids is 1. The van der Waals surface area contributed by atoms with E-state index < -0.39 is 0 Å². The number of rotatable bonds is 8. The number of methoxy groups -OCH3 is 1. The molecule has 30 heavy (non-hydrogen) atoms. The first-order chi connectivity index (χ1) is 14.5. The molecule has 0 radical (unpaired) electrons. The number of hydrogen-bond acceptors (Lipinski definition) is 4. The van der Waals surface area contributed by atoms with Gasteiger partial charge in [0.05, 0.1) is 13.7 Å². The van der Waals surface area contributed by atoms with Gasteiger partial charge in [-0.2, -0.15) is 0 Å². The third kappa shape index (κ3) is 6.07. The van der Waals surface area contributed by atoms with Crippen LogP contribution in [0.5, 0.6) is 5.75 Å². The van der Waals surface area contributed by atoms with Gasteiger partial charge in [-0.05, 0) is 48.9 Å². The highest BCUT2D eigenvalue weighted by Crippen LogP contribution is 2.22. The molecule has 1 aliphatic rings. The number of nitrogens with one attached hydrogen (secondary N) is 1. The van der Waals surface area contributed by atoms with Crippen LogP contribution in [-0.4, -0.2) is 62.1 Å². The van der Waals surface area contributed by atoms with Crippen molar-refractivity contribution in [3.63, 3.8) is 0 Å². The van der Waals surface area contributed by atoms with E-state index in [4.69, 9.17) is 4.74 Å². The molecule has 1 saturated heterocycles. The number of carbonyl (C=O) groups is 1. The number of nitrogens with zero attached hydrogens (tertiary/aromatic N) is 2. The predicted octanol–water partition coefficient (Wildman–Crippen LogP) is 3.75. The lowest BCUT2D eigenvalue weighted by atomic mass is 9.99. The summed E-state index contributed by atoms with van der Waals surface area (Å²) in [6.07, 6.45) is 1.02. The normalized spacial score (nSPS) is 16.3. The highest BCUT2D eigenvalue weighted by atomic mass is 16.5. The first kappa shape index (κ1) is 22.3. The van der Waals surface area contributed by atoms with Crippen LogP contribution in [-0.2, 0) is 11.2 Å².